The Balaban J connectivity index is 2.15. The molecule has 0 atom stereocenters. The Hall–Kier alpha value is -2.17. The van der Waals surface area contributed by atoms with E-state index in [4.69, 9.17) is 10.1 Å². The summed E-state index contributed by atoms with van der Waals surface area (Å²) in [5, 5.41) is 14.5. The van der Waals surface area contributed by atoms with Crippen molar-refractivity contribution in [3.63, 3.8) is 0 Å². The van der Waals surface area contributed by atoms with Crippen LogP contribution in [-0.2, 0) is 11.2 Å². The van der Waals surface area contributed by atoms with E-state index < -0.39 is 0 Å². The van der Waals surface area contributed by atoms with Crippen LogP contribution in [0.2, 0.25) is 0 Å². The molecule has 0 radical (unpaired) electrons. The molecule has 0 saturated carbocycles. The fraction of sp³-hybridized carbons (Fsp3) is 0.250. The quantitative estimate of drug-likeness (QED) is 0.623. The minimum Gasteiger partial charge on any atom is -0.484 e. The second-order valence-electron chi connectivity index (χ2n) is 3.63. The number of hydrogen-bond acceptors (Lipinski definition) is 4. The van der Waals surface area contributed by atoms with Crippen molar-refractivity contribution in [2.45, 2.75) is 12.8 Å². The summed E-state index contributed by atoms with van der Waals surface area (Å²) in [4.78, 5) is 3.98. The fourth-order valence-electron chi connectivity index (χ4n) is 1.62. The zero-order valence-electron chi connectivity index (χ0n) is 9.60. The lowest BCUT2D eigenvalue weighted by Crippen LogP contribution is -2.01. The molecule has 2 heterocycles. The summed E-state index contributed by atoms with van der Waals surface area (Å²) in [6.07, 6.45) is 6.60. The number of nitrogens with zero attached hydrogens (tertiary/aromatic N) is 2. The van der Waals surface area contributed by atoms with Crippen LogP contribution in [0.3, 0.4) is 0 Å². The number of rotatable bonds is 4. The van der Waals surface area contributed by atoms with Crippen molar-refractivity contribution in [2.24, 2.45) is 0 Å². The highest BCUT2D eigenvalue weighted by atomic mass is 16.5. The Morgan fingerprint density at radius 2 is 2.18 bits per heavy atom. The van der Waals surface area contributed by atoms with Gasteiger partial charge in [0.05, 0.1) is 19.0 Å². The van der Waals surface area contributed by atoms with Gasteiger partial charge in [-0.3, -0.25) is 15.5 Å². The highest BCUT2D eigenvalue weighted by molar-refractivity contribution is 5.73. The number of pyridine rings is 1. The average Bonchev–Trinajstić information content (AvgIpc) is 2.85. The SMILES string of the molecule is COC(=N)CCc1cn[nH]c1-c1ccncc1. The van der Waals surface area contributed by atoms with Gasteiger partial charge in [0.25, 0.3) is 0 Å². The molecule has 0 aliphatic rings. The summed E-state index contributed by atoms with van der Waals surface area (Å²) in [5.74, 6) is 0.284. The van der Waals surface area contributed by atoms with E-state index in [1.165, 1.54) is 7.11 Å². The Bertz CT molecular complexity index is 492. The van der Waals surface area contributed by atoms with Crippen LogP contribution in [0.1, 0.15) is 12.0 Å². The topological polar surface area (TPSA) is 74.7 Å². The minimum absolute atomic E-state index is 0.284. The first-order valence-electron chi connectivity index (χ1n) is 5.35. The van der Waals surface area contributed by atoms with E-state index in [0.717, 1.165) is 23.2 Å². The van der Waals surface area contributed by atoms with Gasteiger partial charge in [0.15, 0.2) is 5.90 Å². The van der Waals surface area contributed by atoms with E-state index in [1.807, 2.05) is 12.1 Å². The summed E-state index contributed by atoms with van der Waals surface area (Å²) in [7, 11) is 1.52. The molecule has 2 rings (SSSR count). The van der Waals surface area contributed by atoms with Gasteiger partial charge >= 0.3 is 0 Å². The fourth-order valence-corrected chi connectivity index (χ4v) is 1.62. The molecule has 5 heteroatoms. The molecule has 88 valence electrons. The maximum Gasteiger partial charge on any atom is 0.180 e. The summed E-state index contributed by atoms with van der Waals surface area (Å²) >= 11 is 0. The normalized spacial score (nSPS) is 10.2. The van der Waals surface area contributed by atoms with Crippen LogP contribution < -0.4 is 0 Å². The van der Waals surface area contributed by atoms with Gasteiger partial charge < -0.3 is 4.74 Å². The van der Waals surface area contributed by atoms with Gasteiger partial charge in [-0.25, -0.2) is 0 Å². The Morgan fingerprint density at radius 1 is 1.41 bits per heavy atom. The third-order valence-electron chi connectivity index (χ3n) is 2.55. The predicted molar refractivity (Wildman–Crippen MR) is 64.9 cm³/mol. The Labute approximate surface area is 99.4 Å². The van der Waals surface area contributed by atoms with E-state index in [1.54, 1.807) is 18.6 Å². The van der Waals surface area contributed by atoms with Crippen molar-refractivity contribution in [3.05, 3.63) is 36.3 Å². The van der Waals surface area contributed by atoms with Crippen LogP contribution in [-0.4, -0.2) is 28.2 Å². The van der Waals surface area contributed by atoms with E-state index in [2.05, 4.69) is 15.2 Å². The smallest absolute Gasteiger partial charge is 0.180 e. The minimum atomic E-state index is 0.284. The first kappa shape index (κ1) is 11.3. The predicted octanol–water partition coefficient (Wildman–Crippen LogP) is 2.03. The third kappa shape index (κ3) is 2.69. The number of H-pyrrole nitrogens is 1. The van der Waals surface area contributed by atoms with Crippen molar-refractivity contribution in [2.75, 3.05) is 7.11 Å². The summed E-state index contributed by atoms with van der Waals surface area (Å²) < 4.78 is 4.84. The Kier molecular flexibility index (Phi) is 3.49. The molecule has 17 heavy (non-hydrogen) atoms. The van der Waals surface area contributed by atoms with E-state index in [0.29, 0.717) is 6.42 Å². The second kappa shape index (κ2) is 5.25. The largest absolute Gasteiger partial charge is 0.484 e. The maximum atomic E-state index is 7.45. The van der Waals surface area contributed by atoms with Crippen LogP contribution in [0.15, 0.2) is 30.7 Å². The van der Waals surface area contributed by atoms with Crippen LogP contribution in [0.4, 0.5) is 0 Å². The molecular weight excluding hydrogens is 216 g/mol. The zero-order valence-corrected chi connectivity index (χ0v) is 9.60. The lowest BCUT2D eigenvalue weighted by Gasteiger charge is -2.03. The van der Waals surface area contributed by atoms with Crippen molar-refractivity contribution < 1.29 is 4.74 Å². The summed E-state index contributed by atoms with van der Waals surface area (Å²) in [6.45, 7) is 0. The van der Waals surface area contributed by atoms with Crippen molar-refractivity contribution in [1.82, 2.24) is 15.2 Å². The molecule has 0 unspecified atom stereocenters. The first-order chi connectivity index (χ1) is 8.31. The lowest BCUT2D eigenvalue weighted by molar-refractivity contribution is 0.386. The molecule has 2 aromatic heterocycles. The van der Waals surface area contributed by atoms with Crippen molar-refractivity contribution in [3.8, 4) is 11.3 Å². The van der Waals surface area contributed by atoms with Crippen LogP contribution in [0, 0.1) is 5.41 Å². The van der Waals surface area contributed by atoms with Gasteiger partial charge in [-0.1, -0.05) is 0 Å². The number of nitrogens with one attached hydrogen (secondary N) is 2. The van der Waals surface area contributed by atoms with Gasteiger partial charge in [0, 0.05) is 24.4 Å². The monoisotopic (exact) mass is 230 g/mol. The molecule has 0 bridgehead atoms. The van der Waals surface area contributed by atoms with E-state index in [9.17, 15) is 0 Å². The van der Waals surface area contributed by atoms with E-state index >= 15 is 0 Å². The lowest BCUT2D eigenvalue weighted by atomic mass is 10.1. The second-order valence-corrected chi connectivity index (χ2v) is 3.63. The number of ether oxygens (including phenoxy) is 1. The summed E-state index contributed by atoms with van der Waals surface area (Å²) in [6, 6.07) is 3.86. The summed E-state index contributed by atoms with van der Waals surface area (Å²) in [5.41, 5.74) is 3.12. The van der Waals surface area contributed by atoms with Crippen molar-refractivity contribution >= 4 is 5.90 Å². The number of hydrogen-bond donors (Lipinski definition) is 2. The molecule has 0 amide bonds. The highest BCUT2D eigenvalue weighted by Gasteiger charge is 2.08. The third-order valence-corrected chi connectivity index (χ3v) is 2.55. The molecule has 0 aliphatic heterocycles. The number of methoxy groups -OCH3 is 1. The van der Waals surface area contributed by atoms with Gasteiger partial charge in [0.1, 0.15) is 0 Å². The molecule has 2 aromatic rings. The molecule has 0 aliphatic carbocycles. The molecule has 0 fully saturated rings. The number of aryl methyl sites for hydroxylation is 1. The maximum absolute atomic E-state index is 7.45. The van der Waals surface area contributed by atoms with Crippen LogP contribution in [0.25, 0.3) is 11.3 Å². The Morgan fingerprint density at radius 3 is 2.88 bits per heavy atom. The standard InChI is InChI=1S/C12H14N4O/c1-17-11(13)3-2-10-8-15-16-12(10)9-4-6-14-7-5-9/h4-8,13H,2-3H2,1H3,(H,15,16). The molecule has 2 N–H and O–H groups in total. The van der Waals surface area contributed by atoms with Gasteiger partial charge in [-0.2, -0.15) is 5.10 Å². The van der Waals surface area contributed by atoms with Gasteiger partial charge in [0.2, 0.25) is 0 Å². The van der Waals surface area contributed by atoms with Gasteiger partial charge in [-0.15, -0.1) is 0 Å². The van der Waals surface area contributed by atoms with Crippen LogP contribution >= 0.6 is 0 Å². The van der Waals surface area contributed by atoms with Crippen LogP contribution in [0.5, 0.6) is 0 Å². The zero-order chi connectivity index (χ0) is 12.1. The highest BCUT2D eigenvalue weighted by Crippen LogP contribution is 2.21. The van der Waals surface area contributed by atoms with E-state index in [-0.39, 0.29) is 5.90 Å². The number of aromatic amines is 1. The molecule has 5 nitrogen and oxygen atoms in total. The molecule has 0 aromatic carbocycles. The van der Waals surface area contributed by atoms with Crippen molar-refractivity contribution in [1.29, 1.82) is 5.41 Å². The first-order valence-corrected chi connectivity index (χ1v) is 5.35. The average molecular weight is 230 g/mol. The number of aromatic nitrogens is 3. The molecule has 0 spiro atoms. The molecule has 0 saturated heterocycles. The van der Waals surface area contributed by atoms with Gasteiger partial charge in [-0.05, 0) is 24.1 Å². The molecular formula is C12H14N4O.